The lowest BCUT2D eigenvalue weighted by Gasteiger charge is -1.92. The molecule has 3 heterocycles. The zero-order valence-corrected chi connectivity index (χ0v) is 13.8. The summed E-state index contributed by atoms with van der Waals surface area (Å²) >= 11 is 5.74. The average molecular weight is 362 g/mol. The molecule has 0 aliphatic carbocycles. The quantitative estimate of drug-likeness (QED) is 0.289. The first-order chi connectivity index (χ1) is 11.9. The number of rotatable bonds is 6. The van der Waals surface area contributed by atoms with E-state index in [2.05, 4.69) is 10.2 Å². The summed E-state index contributed by atoms with van der Waals surface area (Å²) in [6.07, 6.45) is 7.37. The van der Waals surface area contributed by atoms with Crippen molar-refractivity contribution < 1.29 is 14.1 Å². The van der Waals surface area contributed by atoms with Gasteiger partial charge in [-0.1, -0.05) is 11.6 Å². The number of aryl methyl sites for hydroxylation is 1. The molecule has 0 unspecified atom stereocenters. The van der Waals surface area contributed by atoms with Gasteiger partial charge in [-0.15, -0.1) is 0 Å². The lowest BCUT2D eigenvalue weighted by Crippen LogP contribution is -2.00. The molecular formula is C15H12ClN5O4. The molecule has 0 bridgehead atoms. The summed E-state index contributed by atoms with van der Waals surface area (Å²) in [7, 11) is 1.73. The van der Waals surface area contributed by atoms with E-state index in [4.69, 9.17) is 16.0 Å². The molecule has 0 N–H and O–H groups in total. The number of allylic oxidation sites excluding steroid dienone is 1. The maximum Gasteiger partial charge on any atom is 0.408 e. The molecule has 10 heteroatoms. The average Bonchev–Trinajstić information content (AvgIpc) is 3.26. The molecule has 0 radical (unpaired) electrons. The van der Waals surface area contributed by atoms with Crippen LogP contribution in [0.3, 0.4) is 0 Å². The van der Waals surface area contributed by atoms with Crippen molar-refractivity contribution in [3.05, 3.63) is 69.0 Å². The number of furan rings is 1. The lowest BCUT2D eigenvalue weighted by atomic mass is 10.2. The van der Waals surface area contributed by atoms with Crippen LogP contribution in [0, 0.1) is 10.1 Å². The number of hydrogen-bond donors (Lipinski definition) is 0. The molecule has 25 heavy (non-hydrogen) atoms. The summed E-state index contributed by atoms with van der Waals surface area (Å²) in [5.41, 5.74) is 0.476. The zero-order chi connectivity index (χ0) is 18.0. The van der Waals surface area contributed by atoms with E-state index in [0.29, 0.717) is 17.1 Å². The van der Waals surface area contributed by atoms with E-state index in [-0.39, 0.29) is 17.4 Å². The molecule has 3 aromatic heterocycles. The van der Waals surface area contributed by atoms with Crippen LogP contribution in [0.25, 0.3) is 6.08 Å². The number of nitrogens with zero attached hydrogens (tertiary/aromatic N) is 5. The smallest absolute Gasteiger partial charge is 0.408 e. The topological polar surface area (TPSA) is 109 Å². The highest BCUT2D eigenvalue weighted by Crippen LogP contribution is 2.22. The number of carbonyl (C=O) groups is 1. The molecule has 0 saturated heterocycles. The second-order valence-electron chi connectivity index (χ2n) is 5.16. The highest BCUT2D eigenvalue weighted by molar-refractivity contribution is 6.32. The van der Waals surface area contributed by atoms with E-state index >= 15 is 0 Å². The fourth-order valence-corrected chi connectivity index (χ4v) is 2.34. The van der Waals surface area contributed by atoms with Crippen molar-refractivity contribution in [1.29, 1.82) is 0 Å². The van der Waals surface area contributed by atoms with Crippen molar-refractivity contribution in [2.24, 2.45) is 7.05 Å². The Hall–Kier alpha value is -3.20. The molecule has 0 aliphatic rings. The molecule has 128 valence electrons. The second kappa shape index (κ2) is 6.73. The van der Waals surface area contributed by atoms with Crippen LogP contribution in [0.5, 0.6) is 0 Å². The monoisotopic (exact) mass is 361 g/mol. The molecule has 3 rings (SSSR count). The van der Waals surface area contributed by atoms with Gasteiger partial charge in [0.25, 0.3) is 0 Å². The number of nitro groups is 1. The van der Waals surface area contributed by atoms with Crippen molar-refractivity contribution in [2.75, 3.05) is 0 Å². The standard InChI is InChI=1S/C15H12ClN5O4/c1-19-7-10(6-17-19)14(22)5-4-11-2-3-12(25-11)8-20-9-13(16)15(18-20)21(23)24/h2-7,9H,8H2,1H3/b5-4+. The third-order valence-electron chi connectivity index (χ3n) is 3.26. The summed E-state index contributed by atoms with van der Waals surface area (Å²) < 4.78 is 8.41. The largest absolute Gasteiger partial charge is 0.460 e. The Morgan fingerprint density at radius 2 is 2.24 bits per heavy atom. The van der Waals surface area contributed by atoms with Crippen LogP contribution >= 0.6 is 11.6 Å². The van der Waals surface area contributed by atoms with Crippen LogP contribution in [0.1, 0.15) is 21.9 Å². The fourth-order valence-electron chi connectivity index (χ4n) is 2.12. The van der Waals surface area contributed by atoms with E-state index in [0.717, 1.165) is 0 Å². The van der Waals surface area contributed by atoms with Crippen LogP contribution in [-0.2, 0) is 13.6 Å². The van der Waals surface area contributed by atoms with Crippen LogP contribution in [-0.4, -0.2) is 30.3 Å². The maximum absolute atomic E-state index is 12.0. The van der Waals surface area contributed by atoms with Crippen molar-refractivity contribution >= 4 is 29.3 Å². The molecule has 3 aromatic rings. The Balaban J connectivity index is 1.68. The SMILES string of the molecule is Cn1cc(C(=O)/C=C/c2ccc(Cn3cc(Cl)c([N+](=O)[O-])n3)o2)cn1. The van der Waals surface area contributed by atoms with E-state index in [9.17, 15) is 14.9 Å². The number of carbonyl (C=O) groups excluding carboxylic acids is 1. The third-order valence-corrected chi connectivity index (χ3v) is 3.53. The van der Waals surface area contributed by atoms with Gasteiger partial charge in [0, 0.05) is 13.2 Å². The molecule has 0 amide bonds. The first kappa shape index (κ1) is 16.7. The number of ketones is 1. The molecular weight excluding hydrogens is 350 g/mol. The number of aromatic nitrogens is 4. The van der Waals surface area contributed by atoms with Gasteiger partial charge in [-0.2, -0.15) is 9.78 Å². The van der Waals surface area contributed by atoms with Gasteiger partial charge in [-0.05, 0) is 29.2 Å². The van der Waals surface area contributed by atoms with Crippen LogP contribution in [0.15, 0.2) is 41.2 Å². The van der Waals surface area contributed by atoms with Gasteiger partial charge in [0.2, 0.25) is 0 Å². The Labute approximate surface area is 146 Å². The predicted molar refractivity (Wildman–Crippen MR) is 88.3 cm³/mol. The van der Waals surface area contributed by atoms with Crippen LogP contribution < -0.4 is 0 Å². The summed E-state index contributed by atoms with van der Waals surface area (Å²) in [4.78, 5) is 22.0. The molecule has 0 fully saturated rings. The van der Waals surface area contributed by atoms with Gasteiger partial charge in [0.1, 0.15) is 18.1 Å². The molecule has 0 saturated carbocycles. The first-order valence-electron chi connectivity index (χ1n) is 7.09. The minimum Gasteiger partial charge on any atom is -0.460 e. The fraction of sp³-hybridized carbons (Fsp3) is 0.133. The summed E-state index contributed by atoms with van der Waals surface area (Å²) in [6, 6.07) is 3.37. The highest BCUT2D eigenvalue weighted by atomic mass is 35.5. The van der Waals surface area contributed by atoms with Crippen molar-refractivity contribution in [3.63, 3.8) is 0 Å². The first-order valence-corrected chi connectivity index (χ1v) is 7.47. The molecule has 0 spiro atoms. The minimum atomic E-state index is -0.654. The van der Waals surface area contributed by atoms with E-state index in [1.807, 2.05) is 0 Å². The Morgan fingerprint density at radius 1 is 1.44 bits per heavy atom. The lowest BCUT2D eigenvalue weighted by molar-refractivity contribution is -0.389. The van der Waals surface area contributed by atoms with Crippen molar-refractivity contribution in [2.45, 2.75) is 6.54 Å². The summed E-state index contributed by atoms with van der Waals surface area (Å²) in [5, 5.41) is 18.4. The van der Waals surface area contributed by atoms with Gasteiger partial charge < -0.3 is 14.5 Å². The van der Waals surface area contributed by atoms with E-state index in [1.165, 1.54) is 29.2 Å². The van der Waals surface area contributed by atoms with E-state index < -0.39 is 10.7 Å². The number of halogens is 1. The van der Waals surface area contributed by atoms with Crippen LogP contribution in [0.2, 0.25) is 5.02 Å². The van der Waals surface area contributed by atoms with E-state index in [1.54, 1.807) is 30.1 Å². The normalized spacial score (nSPS) is 11.3. The predicted octanol–water partition coefficient (Wildman–Crippen LogP) is 2.72. The van der Waals surface area contributed by atoms with Crippen molar-refractivity contribution in [1.82, 2.24) is 19.6 Å². The zero-order valence-electron chi connectivity index (χ0n) is 13.0. The Morgan fingerprint density at radius 3 is 2.88 bits per heavy atom. The number of hydrogen-bond acceptors (Lipinski definition) is 6. The van der Waals surface area contributed by atoms with Gasteiger partial charge in [0.15, 0.2) is 10.8 Å². The third kappa shape index (κ3) is 3.83. The van der Waals surface area contributed by atoms with Gasteiger partial charge in [0.05, 0.1) is 23.1 Å². The summed E-state index contributed by atoms with van der Waals surface area (Å²) in [5.74, 6) is 0.387. The van der Waals surface area contributed by atoms with Crippen molar-refractivity contribution in [3.8, 4) is 0 Å². The molecule has 0 aliphatic heterocycles. The minimum absolute atomic E-state index is 0.0428. The van der Waals surface area contributed by atoms with Gasteiger partial charge >= 0.3 is 5.82 Å². The van der Waals surface area contributed by atoms with Gasteiger partial charge in [-0.25, -0.2) is 0 Å². The van der Waals surface area contributed by atoms with Crippen LogP contribution in [0.4, 0.5) is 5.82 Å². The Kier molecular flexibility index (Phi) is 4.48. The van der Waals surface area contributed by atoms with Gasteiger partial charge in [-0.3, -0.25) is 9.48 Å². The second-order valence-corrected chi connectivity index (χ2v) is 5.57. The molecule has 0 atom stereocenters. The molecule has 0 aromatic carbocycles. The molecule has 9 nitrogen and oxygen atoms in total. The summed E-state index contributed by atoms with van der Waals surface area (Å²) in [6.45, 7) is 0.179. The maximum atomic E-state index is 12.0. The highest BCUT2D eigenvalue weighted by Gasteiger charge is 2.19. The Bertz CT molecular complexity index is 968.